The van der Waals surface area contributed by atoms with Gasteiger partial charge >= 0.3 is 0 Å². The molecular formula is C26H29FN4O3. The summed E-state index contributed by atoms with van der Waals surface area (Å²) < 4.78 is 21.6. The predicted molar refractivity (Wildman–Crippen MR) is 133 cm³/mol. The molecule has 34 heavy (non-hydrogen) atoms. The summed E-state index contributed by atoms with van der Waals surface area (Å²) in [5.41, 5.74) is 4.08. The van der Waals surface area contributed by atoms with E-state index in [0.29, 0.717) is 41.9 Å². The van der Waals surface area contributed by atoms with E-state index >= 15 is 4.39 Å². The van der Waals surface area contributed by atoms with E-state index < -0.39 is 5.82 Å². The van der Waals surface area contributed by atoms with E-state index in [-0.39, 0.29) is 17.3 Å². The molecule has 2 amide bonds. The normalized spacial score (nSPS) is 13.6. The number of ether oxygens (including phenoxy) is 1. The van der Waals surface area contributed by atoms with Crippen molar-refractivity contribution in [2.75, 3.05) is 46.7 Å². The van der Waals surface area contributed by atoms with Gasteiger partial charge in [0.05, 0.1) is 12.6 Å². The number of aromatic nitrogens is 1. The summed E-state index contributed by atoms with van der Waals surface area (Å²) in [6, 6.07) is 9.19. The molecule has 0 aliphatic carbocycles. The van der Waals surface area contributed by atoms with Crippen molar-refractivity contribution in [1.29, 1.82) is 0 Å². The third kappa shape index (κ3) is 4.11. The zero-order chi connectivity index (χ0) is 24.6. The molecule has 178 valence electrons. The summed E-state index contributed by atoms with van der Waals surface area (Å²) in [6.45, 7) is 2.46. The number of nitrogens with one attached hydrogen (secondary N) is 2. The van der Waals surface area contributed by atoms with Gasteiger partial charge in [-0.25, -0.2) is 4.39 Å². The Labute approximate surface area is 198 Å². The largest absolute Gasteiger partial charge is 0.496 e. The highest BCUT2D eigenvalue weighted by atomic mass is 19.1. The number of benzene rings is 2. The number of amides is 2. The summed E-state index contributed by atoms with van der Waals surface area (Å²) in [7, 11) is 6.72. The van der Waals surface area contributed by atoms with Crippen molar-refractivity contribution >= 4 is 34.0 Å². The Morgan fingerprint density at radius 2 is 1.91 bits per heavy atom. The second-order valence-electron chi connectivity index (χ2n) is 8.58. The number of nitrogens with zero attached hydrogens (tertiary/aromatic N) is 2. The van der Waals surface area contributed by atoms with Crippen molar-refractivity contribution in [1.82, 2.24) is 14.8 Å². The third-order valence-electron chi connectivity index (χ3n) is 6.21. The van der Waals surface area contributed by atoms with Gasteiger partial charge < -0.3 is 24.8 Å². The summed E-state index contributed by atoms with van der Waals surface area (Å²) in [5, 5.41) is 3.68. The van der Waals surface area contributed by atoms with Crippen LogP contribution < -0.4 is 10.1 Å². The molecule has 1 aromatic heterocycles. The monoisotopic (exact) mass is 464 g/mol. The van der Waals surface area contributed by atoms with Gasteiger partial charge in [-0.2, -0.15) is 0 Å². The standard InChI is InChI=1S/C26H29FN4O3/c1-15(32)31-10-6-7-16(14-31)19-12-20(18-9-8-17(28-2)11-23(18)34-5)21-13-22(26(33)30(3)4)29-25(21)24(19)27/h7-9,11-13,28-29H,6,10,14H2,1-5H3. The number of halogens is 1. The molecule has 0 saturated heterocycles. The lowest BCUT2D eigenvalue weighted by Gasteiger charge is -2.27. The quantitative estimate of drug-likeness (QED) is 0.588. The Bertz CT molecular complexity index is 1310. The van der Waals surface area contributed by atoms with E-state index in [9.17, 15) is 9.59 Å². The van der Waals surface area contributed by atoms with Gasteiger partial charge in [0, 0.05) is 69.4 Å². The van der Waals surface area contributed by atoms with Gasteiger partial charge in [0.25, 0.3) is 5.91 Å². The average Bonchev–Trinajstić information content (AvgIpc) is 3.29. The van der Waals surface area contributed by atoms with Gasteiger partial charge in [0.2, 0.25) is 5.91 Å². The SMILES string of the molecule is CNc1ccc(-c2cc(C3=CCCN(C(C)=O)C3)c(F)c3[nH]c(C(=O)N(C)C)cc23)c(OC)c1. The van der Waals surface area contributed by atoms with Crippen molar-refractivity contribution in [3.63, 3.8) is 0 Å². The molecule has 0 bridgehead atoms. The summed E-state index contributed by atoms with van der Waals surface area (Å²) in [4.78, 5) is 30.8. The lowest BCUT2D eigenvalue weighted by Crippen LogP contribution is -2.33. The first-order valence-electron chi connectivity index (χ1n) is 11.1. The summed E-state index contributed by atoms with van der Waals surface area (Å²) in [5.74, 6) is -0.120. The first kappa shape index (κ1) is 23.4. The van der Waals surface area contributed by atoms with Crippen LogP contribution in [0.3, 0.4) is 0 Å². The highest BCUT2D eigenvalue weighted by Crippen LogP contribution is 2.41. The number of rotatable bonds is 5. The van der Waals surface area contributed by atoms with Crippen LogP contribution in [0.4, 0.5) is 10.1 Å². The first-order chi connectivity index (χ1) is 16.2. The van der Waals surface area contributed by atoms with Gasteiger partial charge in [-0.05, 0) is 41.8 Å². The Morgan fingerprint density at radius 3 is 2.56 bits per heavy atom. The molecular weight excluding hydrogens is 435 g/mol. The minimum absolute atomic E-state index is 0.0460. The number of hydrogen-bond donors (Lipinski definition) is 2. The van der Waals surface area contributed by atoms with Crippen LogP contribution in [-0.2, 0) is 4.79 Å². The summed E-state index contributed by atoms with van der Waals surface area (Å²) in [6.07, 6.45) is 2.63. The van der Waals surface area contributed by atoms with Gasteiger partial charge in [-0.1, -0.05) is 6.08 Å². The number of carbonyl (C=O) groups excluding carboxylic acids is 2. The number of carbonyl (C=O) groups is 2. The number of aromatic amines is 1. The van der Waals surface area contributed by atoms with Crippen molar-refractivity contribution in [3.8, 4) is 16.9 Å². The second-order valence-corrected chi connectivity index (χ2v) is 8.58. The van der Waals surface area contributed by atoms with Crippen LogP contribution in [-0.4, -0.2) is 67.9 Å². The number of hydrogen-bond acceptors (Lipinski definition) is 4. The molecule has 8 heteroatoms. The molecule has 2 heterocycles. The summed E-state index contributed by atoms with van der Waals surface area (Å²) >= 11 is 0. The minimum Gasteiger partial charge on any atom is -0.496 e. The third-order valence-corrected chi connectivity index (χ3v) is 6.21. The topological polar surface area (TPSA) is 77.7 Å². The molecule has 2 N–H and O–H groups in total. The van der Waals surface area contributed by atoms with Crippen molar-refractivity contribution in [2.45, 2.75) is 13.3 Å². The second kappa shape index (κ2) is 9.21. The van der Waals surface area contributed by atoms with Crippen LogP contribution in [0.5, 0.6) is 5.75 Å². The Kier molecular flexibility index (Phi) is 6.32. The maximum absolute atomic E-state index is 15.9. The molecule has 0 fully saturated rings. The molecule has 4 rings (SSSR count). The van der Waals surface area contributed by atoms with Crippen LogP contribution >= 0.6 is 0 Å². The van der Waals surface area contributed by atoms with Crippen molar-refractivity contribution in [3.05, 3.63) is 53.5 Å². The Morgan fingerprint density at radius 1 is 1.15 bits per heavy atom. The lowest BCUT2D eigenvalue weighted by atomic mass is 9.92. The molecule has 0 spiro atoms. The van der Waals surface area contributed by atoms with Crippen LogP contribution in [0.15, 0.2) is 36.4 Å². The first-order valence-corrected chi connectivity index (χ1v) is 11.1. The van der Waals surface area contributed by atoms with Gasteiger partial charge in [0.15, 0.2) is 5.82 Å². The van der Waals surface area contributed by atoms with Crippen LogP contribution in [0.1, 0.15) is 29.4 Å². The predicted octanol–water partition coefficient (Wildman–Crippen LogP) is 4.36. The molecule has 0 atom stereocenters. The van der Waals surface area contributed by atoms with Gasteiger partial charge in [0.1, 0.15) is 11.4 Å². The molecule has 0 saturated carbocycles. The molecule has 3 aromatic rings. The molecule has 7 nitrogen and oxygen atoms in total. The van der Waals surface area contributed by atoms with Gasteiger partial charge in [-0.3, -0.25) is 9.59 Å². The zero-order valence-corrected chi connectivity index (χ0v) is 20.1. The fraction of sp³-hybridized carbons (Fsp3) is 0.308. The Hall–Kier alpha value is -3.81. The van der Waals surface area contributed by atoms with Gasteiger partial charge in [-0.15, -0.1) is 0 Å². The zero-order valence-electron chi connectivity index (χ0n) is 20.1. The smallest absolute Gasteiger partial charge is 0.269 e. The van der Waals surface area contributed by atoms with E-state index in [1.54, 1.807) is 38.2 Å². The fourth-order valence-corrected chi connectivity index (χ4v) is 4.35. The van der Waals surface area contributed by atoms with Crippen LogP contribution in [0, 0.1) is 5.82 Å². The lowest BCUT2D eigenvalue weighted by molar-refractivity contribution is -0.128. The maximum Gasteiger partial charge on any atom is 0.269 e. The Balaban J connectivity index is 1.99. The highest BCUT2D eigenvalue weighted by molar-refractivity contribution is 6.05. The van der Waals surface area contributed by atoms with E-state index in [2.05, 4.69) is 10.3 Å². The molecule has 0 radical (unpaired) electrons. The average molecular weight is 465 g/mol. The molecule has 1 aliphatic rings. The van der Waals surface area contributed by atoms with Crippen LogP contribution in [0.2, 0.25) is 0 Å². The van der Waals surface area contributed by atoms with E-state index in [4.69, 9.17) is 4.74 Å². The number of anilines is 1. The number of methoxy groups -OCH3 is 1. The molecule has 0 unspecified atom stereocenters. The van der Waals surface area contributed by atoms with Crippen molar-refractivity contribution < 1.29 is 18.7 Å². The fourth-order valence-electron chi connectivity index (χ4n) is 4.35. The number of H-pyrrole nitrogens is 1. The minimum atomic E-state index is -0.445. The van der Waals surface area contributed by atoms with Crippen molar-refractivity contribution in [2.24, 2.45) is 0 Å². The van der Waals surface area contributed by atoms with Crippen LogP contribution in [0.25, 0.3) is 27.6 Å². The molecule has 2 aromatic carbocycles. The maximum atomic E-state index is 15.9. The highest BCUT2D eigenvalue weighted by Gasteiger charge is 2.25. The number of fused-ring (bicyclic) bond motifs is 1. The molecule has 1 aliphatic heterocycles. The van der Waals surface area contributed by atoms with E-state index in [0.717, 1.165) is 22.4 Å². The van der Waals surface area contributed by atoms with E-state index in [1.807, 2.05) is 31.3 Å². The van der Waals surface area contributed by atoms with E-state index in [1.165, 1.54) is 11.8 Å².